The number of methoxy groups -OCH3 is 3. The minimum atomic E-state index is -0.480. The Bertz CT molecular complexity index is 1440. The lowest BCUT2D eigenvalue weighted by Crippen LogP contribution is -2.21. The summed E-state index contributed by atoms with van der Waals surface area (Å²) in [6, 6.07) is 14.3. The minimum absolute atomic E-state index is 0.164. The molecular weight excluding hydrogens is 472 g/mol. The third-order valence-corrected chi connectivity index (χ3v) is 5.62. The van der Waals surface area contributed by atoms with Crippen molar-refractivity contribution in [3.8, 4) is 39.5 Å². The number of esters is 1. The van der Waals surface area contributed by atoms with E-state index in [1.54, 1.807) is 30.3 Å². The summed E-state index contributed by atoms with van der Waals surface area (Å²) in [6.45, 7) is 1.14. The summed E-state index contributed by atoms with van der Waals surface area (Å²) in [5.74, 6) is 0.816. The zero-order valence-electron chi connectivity index (χ0n) is 19.6. The maximum absolute atomic E-state index is 13.7. The Kier molecular flexibility index (Phi) is 6.93. The fourth-order valence-electron chi connectivity index (χ4n) is 3.87. The van der Waals surface area contributed by atoms with Crippen molar-refractivity contribution in [2.75, 3.05) is 21.3 Å². The molecule has 0 unspecified atom stereocenters. The van der Waals surface area contributed by atoms with Crippen molar-refractivity contribution in [2.24, 2.45) is 0 Å². The van der Waals surface area contributed by atoms with E-state index in [1.807, 2.05) is 18.2 Å². The molecule has 35 heavy (non-hydrogen) atoms. The highest BCUT2D eigenvalue weighted by Gasteiger charge is 2.21. The number of aromatic nitrogens is 2. The van der Waals surface area contributed by atoms with E-state index in [1.165, 1.54) is 38.9 Å². The lowest BCUT2D eigenvalue weighted by Gasteiger charge is -2.17. The van der Waals surface area contributed by atoms with Crippen LogP contribution in [0.15, 0.2) is 59.5 Å². The van der Waals surface area contributed by atoms with Crippen LogP contribution in [0.4, 0.5) is 0 Å². The second-order valence-corrected chi connectivity index (χ2v) is 8.00. The van der Waals surface area contributed by atoms with Crippen LogP contribution in [0.5, 0.6) is 17.2 Å². The lowest BCUT2D eigenvalue weighted by atomic mass is 10.0. The standard InChI is InChI=1S/C26H23ClN2O6/c1-15(30)35-14-20-23(16-8-6-5-7-9-16)26(31)29-13-18(27)12-19(25(29)28-20)17-10-21(32-2)24(34-4)22(11-17)33-3/h5-13H,14H2,1-4H3. The Morgan fingerprint density at radius 1 is 0.971 bits per heavy atom. The van der Waals surface area contributed by atoms with Gasteiger partial charge in [0.05, 0.1) is 37.6 Å². The molecule has 9 heteroatoms. The quantitative estimate of drug-likeness (QED) is 0.342. The number of carbonyl (C=O) groups excluding carboxylic acids is 1. The van der Waals surface area contributed by atoms with E-state index in [-0.39, 0.29) is 12.2 Å². The van der Waals surface area contributed by atoms with E-state index < -0.39 is 5.97 Å². The highest BCUT2D eigenvalue weighted by Crippen LogP contribution is 2.42. The normalized spacial score (nSPS) is 10.8. The van der Waals surface area contributed by atoms with Gasteiger partial charge in [-0.25, -0.2) is 4.98 Å². The molecule has 0 atom stereocenters. The van der Waals surface area contributed by atoms with Gasteiger partial charge in [-0.2, -0.15) is 0 Å². The number of ether oxygens (including phenoxy) is 4. The molecule has 180 valence electrons. The number of fused-ring (bicyclic) bond motifs is 1. The first-order chi connectivity index (χ1) is 16.9. The molecule has 0 saturated carbocycles. The highest BCUT2D eigenvalue weighted by molar-refractivity contribution is 6.31. The number of halogens is 1. The van der Waals surface area contributed by atoms with Crippen LogP contribution in [0.3, 0.4) is 0 Å². The molecule has 0 amide bonds. The summed E-state index contributed by atoms with van der Waals surface area (Å²) in [7, 11) is 4.55. The minimum Gasteiger partial charge on any atom is -0.493 e. The Balaban J connectivity index is 2.06. The molecule has 0 spiro atoms. The maximum Gasteiger partial charge on any atom is 0.303 e. The lowest BCUT2D eigenvalue weighted by molar-refractivity contribution is -0.142. The molecule has 2 aromatic carbocycles. The van der Waals surface area contributed by atoms with Crippen molar-refractivity contribution in [1.82, 2.24) is 9.38 Å². The molecule has 2 heterocycles. The predicted molar refractivity (Wildman–Crippen MR) is 132 cm³/mol. The topological polar surface area (TPSA) is 88.4 Å². The molecule has 0 aliphatic rings. The van der Waals surface area contributed by atoms with Gasteiger partial charge in [0.25, 0.3) is 5.56 Å². The van der Waals surface area contributed by atoms with Crippen molar-refractivity contribution in [3.05, 3.63) is 75.8 Å². The molecule has 0 bridgehead atoms. The van der Waals surface area contributed by atoms with E-state index in [0.29, 0.717) is 55.9 Å². The zero-order valence-corrected chi connectivity index (χ0v) is 20.4. The van der Waals surface area contributed by atoms with E-state index in [9.17, 15) is 9.59 Å². The van der Waals surface area contributed by atoms with Gasteiger partial charge >= 0.3 is 5.97 Å². The molecule has 4 aromatic rings. The summed E-state index contributed by atoms with van der Waals surface area (Å²) in [5.41, 5.74) is 2.47. The Morgan fingerprint density at radius 2 is 1.63 bits per heavy atom. The van der Waals surface area contributed by atoms with Crippen LogP contribution in [-0.2, 0) is 16.1 Å². The van der Waals surface area contributed by atoms with Crippen LogP contribution in [0.25, 0.3) is 27.9 Å². The summed E-state index contributed by atoms with van der Waals surface area (Å²) >= 11 is 6.45. The largest absolute Gasteiger partial charge is 0.493 e. The maximum atomic E-state index is 13.7. The summed E-state index contributed by atoms with van der Waals surface area (Å²) < 4.78 is 23.0. The molecular formula is C26H23ClN2O6. The van der Waals surface area contributed by atoms with Crippen LogP contribution in [-0.4, -0.2) is 36.7 Å². The number of carbonyl (C=O) groups is 1. The molecule has 0 aliphatic heterocycles. The predicted octanol–water partition coefficient (Wildman–Crippen LogP) is 4.77. The molecule has 0 fully saturated rings. The van der Waals surface area contributed by atoms with Crippen LogP contribution >= 0.6 is 11.6 Å². The number of rotatable bonds is 7. The Morgan fingerprint density at radius 3 is 2.20 bits per heavy atom. The fourth-order valence-corrected chi connectivity index (χ4v) is 4.08. The van der Waals surface area contributed by atoms with Gasteiger partial charge < -0.3 is 18.9 Å². The van der Waals surface area contributed by atoms with E-state index in [2.05, 4.69) is 0 Å². The average molecular weight is 495 g/mol. The molecule has 0 saturated heterocycles. The van der Waals surface area contributed by atoms with Gasteiger partial charge in [-0.3, -0.25) is 14.0 Å². The number of hydrogen-bond donors (Lipinski definition) is 0. The zero-order chi connectivity index (χ0) is 25.1. The smallest absolute Gasteiger partial charge is 0.303 e. The van der Waals surface area contributed by atoms with Gasteiger partial charge in [0, 0.05) is 18.7 Å². The first-order valence-electron chi connectivity index (χ1n) is 10.6. The highest BCUT2D eigenvalue weighted by atomic mass is 35.5. The van der Waals surface area contributed by atoms with Crippen molar-refractivity contribution >= 4 is 23.2 Å². The molecule has 8 nitrogen and oxygen atoms in total. The monoisotopic (exact) mass is 494 g/mol. The first kappa shape index (κ1) is 24.1. The first-order valence-corrected chi connectivity index (χ1v) is 11.0. The fraction of sp³-hybridized carbons (Fsp3) is 0.192. The van der Waals surface area contributed by atoms with Gasteiger partial charge in [-0.05, 0) is 29.3 Å². The third-order valence-electron chi connectivity index (χ3n) is 5.42. The van der Waals surface area contributed by atoms with E-state index >= 15 is 0 Å². The van der Waals surface area contributed by atoms with Crippen LogP contribution in [0, 0.1) is 0 Å². The number of benzene rings is 2. The summed E-state index contributed by atoms with van der Waals surface area (Å²) in [6.07, 6.45) is 1.51. The van der Waals surface area contributed by atoms with E-state index in [4.69, 9.17) is 35.5 Å². The average Bonchev–Trinajstić information content (AvgIpc) is 2.87. The number of nitrogens with zero attached hydrogens (tertiary/aromatic N) is 2. The van der Waals surface area contributed by atoms with Gasteiger partial charge in [-0.1, -0.05) is 41.9 Å². The Labute approximate surface area is 206 Å². The van der Waals surface area contributed by atoms with Gasteiger partial charge in [-0.15, -0.1) is 0 Å². The summed E-state index contributed by atoms with van der Waals surface area (Å²) in [5, 5.41) is 0.330. The molecule has 0 radical (unpaired) electrons. The molecule has 4 rings (SSSR count). The molecule has 0 N–H and O–H groups in total. The second kappa shape index (κ2) is 10.1. The van der Waals surface area contributed by atoms with Gasteiger partial charge in [0.15, 0.2) is 11.5 Å². The van der Waals surface area contributed by atoms with Crippen molar-refractivity contribution in [2.45, 2.75) is 13.5 Å². The number of pyridine rings is 1. The van der Waals surface area contributed by atoms with Gasteiger partial charge in [0.2, 0.25) is 5.75 Å². The number of hydrogen-bond acceptors (Lipinski definition) is 7. The van der Waals surface area contributed by atoms with Crippen molar-refractivity contribution in [3.63, 3.8) is 0 Å². The van der Waals surface area contributed by atoms with Crippen LogP contribution < -0.4 is 19.8 Å². The molecule has 2 aromatic heterocycles. The van der Waals surface area contributed by atoms with Crippen LogP contribution in [0.2, 0.25) is 5.02 Å². The molecule has 0 aliphatic carbocycles. The third kappa shape index (κ3) is 4.65. The van der Waals surface area contributed by atoms with E-state index in [0.717, 1.165) is 0 Å². The Hall–Kier alpha value is -4.04. The summed E-state index contributed by atoms with van der Waals surface area (Å²) in [4.78, 5) is 30.1. The van der Waals surface area contributed by atoms with Gasteiger partial charge in [0.1, 0.15) is 12.3 Å². The van der Waals surface area contributed by atoms with Crippen LogP contribution in [0.1, 0.15) is 12.6 Å². The SMILES string of the molecule is COc1cc(-c2cc(Cl)cn3c(=O)c(-c4ccccc4)c(COC(C)=O)nc23)cc(OC)c1OC. The van der Waals surface area contributed by atoms with Crippen molar-refractivity contribution < 1.29 is 23.7 Å². The second-order valence-electron chi connectivity index (χ2n) is 7.56. The van der Waals surface area contributed by atoms with Crippen molar-refractivity contribution in [1.29, 1.82) is 0 Å².